The third-order valence-electron chi connectivity index (χ3n) is 4.49. The third kappa shape index (κ3) is 4.81. The number of hydrogen-bond acceptors (Lipinski definition) is 3. The number of aromatic nitrogens is 2. The summed E-state index contributed by atoms with van der Waals surface area (Å²) in [5.74, 6) is -0.439. The van der Waals surface area contributed by atoms with Crippen molar-refractivity contribution in [3.8, 4) is 0 Å². The van der Waals surface area contributed by atoms with Crippen LogP contribution in [0.3, 0.4) is 0 Å². The number of piperidine rings is 1. The first-order valence-corrected chi connectivity index (χ1v) is 8.56. The molecule has 1 atom stereocenters. The van der Waals surface area contributed by atoms with Crippen molar-refractivity contribution in [2.24, 2.45) is 5.92 Å². The highest BCUT2D eigenvalue weighted by atomic mass is 16.4. The predicted octanol–water partition coefficient (Wildman–Crippen LogP) is 2.71. The van der Waals surface area contributed by atoms with Gasteiger partial charge in [0.2, 0.25) is 0 Å². The van der Waals surface area contributed by atoms with E-state index in [0.29, 0.717) is 24.4 Å². The fraction of sp³-hybridized carbons (Fsp3) is 0.706. The van der Waals surface area contributed by atoms with Crippen molar-refractivity contribution >= 4 is 11.9 Å². The minimum absolute atomic E-state index is 0.0327. The maximum Gasteiger partial charge on any atom is 0.303 e. The molecule has 2 rings (SSSR count). The van der Waals surface area contributed by atoms with Gasteiger partial charge in [0.15, 0.2) is 0 Å². The Bertz CT molecular complexity index is 553. The molecule has 1 N–H and O–H groups in total. The number of nitrogens with zero attached hydrogens (tertiary/aromatic N) is 3. The Labute approximate surface area is 137 Å². The smallest absolute Gasteiger partial charge is 0.303 e. The van der Waals surface area contributed by atoms with Crippen molar-refractivity contribution in [1.29, 1.82) is 0 Å². The first-order chi connectivity index (χ1) is 11.0. The molecule has 1 aromatic rings. The van der Waals surface area contributed by atoms with Gasteiger partial charge >= 0.3 is 5.97 Å². The second-order valence-electron chi connectivity index (χ2n) is 6.44. The molecule has 0 aliphatic carbocycles. The predicted molar refractivity (Wildman–Crippen MR) is 87.4 cm³/mol. The second kappa shape index (κ2) is 8.13. The van der Waals surface area contributed by atoms with E-state index in [4.69, 9.17) is 5.11 Å². The van der Waals surface area contributed by atoms with E-state index in [-0.39, 0.29) is 12.3 Å². The monoisotopic (exact) mass is 321 g/mol. The summed E-state index contributed by atoms with van der Waals surface area (Å²) >= 11 is 0. The van der Waals surface area contributed by atoms with Crippen LogP contribution in [0.15, 0.2) is 6.20 Å². The highest BCUT2D eigenvalue weighted by molar-refractivity contribution is 5.95. The van der Waals surface area contributed by atoms with Gasteiger partial charge in [0, 0.05) is 32.3 Å². The average molecular weight is 321 g/mol. The molecule has 0 saturated carbocycles. The van der Waals surface area contributed by atoms with Gasteiger partial charge in [0.25, 0.3) is 5.91 Å². The molecule has 0 spiro atoms. The van der Waals surface area contributed by atoms with Gasteiger partial charge in [-0.1, -0.05) is 13.3 Å². The minimum Gasteiger partial charge on any atom is -0.481 e. The summed E-state index contributed by atoms with van der Waals surface area (Å²) in [4.78, 5) is 25.3. The Morgan fingerprint density at radius 3 is 2.91 bits per heavy atom. The lowest BCUT2D eigenvalue weighted by molar-refractivity contribution is -0.137. The molecule has 1 aliphatic heterocycles. The summed E-state index contributed by atoms with van der Waals surface area (Å²) in [6.45, 7) is 6.26. The van der Waals surface area contributed by atoms with Crippen molar-refractivity contribution in [2.75, 3.05) is 13.1 Å². The highest BCUT2D eigenvalue weighted by Gasteiger charge is 2.26. The molecule has 1 fully saturated rings. The Morgan fingerprint density at radius 1 is 1.43 bits per heavy atom. The van der Waals surface area contributed by atoms with Crippen molar-refractivity contribution in [2.45, 2.75) is 58.9 Å². The Hall–Kier alpha value is -1.85. The van der Waals surface area contributed by atoms with Crippen molar-refractivity contribution in [1.82, 2.24) is 14.7 Å². The Morgan fingerprint density at radius 2 is 2.22 bits per heavy atom. The normalized spacial score (nSPS) is 18.2. The van der Waals surface area contributed by atoms with E-state index in [1.807, 2.05) is 22.7 Å². The van der Waals surface area contributed by atoms with E-state index in [1.54, 1.807) is 0 Å². The molecule has 23 heavy (non-hydrogen) atoms. The van der Waals surface area contributed by atoms with Crippen LogP contribution in [0.1, 0.15) is 61.5 Å². The van der Waals surface area contributed by atoms with Crippen molar-refractivity contribution < 1.29 is 14.7 Å². The van der Waals surface area contributed by atoms with Gasteiger partial charge in [-0.15, -0.1) is 0 Å². The largest absolute Gasteiger partial charge is 0.481 e. The Kier molecular flexibility index (Phi) is 6.19. The molecule has 0 bridgehead atoms. The fourth-order valence-electron chi connectivity index (χ4n) is 3.15. The number of aliphatic carboxylic acids is 1. The van der Waals surface area contributed by atoms with E-state index in [1.165, 1.54) is 0 Å². The molecule has 6 nitrogen and oxygen atoms in total. The van der Waals surface area contributed by atoms with Gasteiger partial charge < -0.3 is 10.0 Å². The van der Waals surface area contributed by atoms with Gasteiger partial charge in [0.1, 0.15) is 0 Å². The van der Waals surface area contributed by atoms with E-state index < -0.39 is 5.97 Å². The first-order valence-electron chi connectivity index (χ1n) is 8.56. The number of carboxylic acid groups (broad SMARTS) is 1. The lowest BCUT2D eigenvalue weighted by Crippen LogP contribution is -2.40. The highest BCUT2D eigenvalue weighted by Crippen LogP contribution is 2.23. The number of carbonyl (C=O) groups excluding carboxylic acids is 1. The molecule has 128 valence electrons. The molecular weight excluding hydrogens is 294 g/mol. The minimum atomic E-state index is -0.763. The van der Waals surface area contributed by atoms with Crippen molar-refractivity contribution in [3.63, 3.8) is 0 Å². The third-order valence-corrected chi connectivity index (χ3v) is 4.49. The van der Waals surface area contributed by atoms with Crippen LogP contribution in [0.2, 0.25) is 0 Å². The zero-order valence-electron chi connectivity index (χ0n) is 14.1. The van der Waals surface area contributed by atoms with E-state index in [0.717, 1.165) is 44.5 Å². The zero-order chi connectivity index (χ0) is 16.8. The zero-order valence-corrected chi connectivity index (χ0v) is 14.1. The summed E-state index contributed by atoms with van der Waals surface area (Å²) in [6.07, 6.45) is 6.78. The average Bonchev–Trinajstić information content (AvgIpc) is 2.91. The molecule has 0 radical (unpaired) electrons. The van der Waals surface area contributed by atoms with Crippen LogP contribution >= 0.6 is 0 Å². The Balaban J connectivity index is 1.99. The number of rotatable bonds is 7. The molecular formula is C17H27N3O3. The van der Waals surface area contributed by atoms with Crippen LogP contribution in [0, 0.1) is 12.8 Å². The topological polar surface area (TPSA) is 75.4 Å². The van der Waals surface area contributed by atoms with Crippen LogP contribution in [0.5, 0.6) is 0 Å². The molecule has 1 aromatic heterocycles. The molecule has 1 saturated heterocycles. The summed E-state index contributed by atoms with van der Waals surface area (Å²) in [6, 6.07) is 0. The maximum absolute atomic E-state index is 12.7. The fourth-order valence-corrected chi connectivity index (χ4v) is 3.15. The molecule has 1 unspecified atom stereocenters. The van der Waals surface area contributed by atoms with E-state index in [2.05, 4.69) is 12.0 Å². The van der Waals surface area contributed by atoms with Gasteiger partial charge in [-0.2, -0.15) is 5.10 Å². The van der Waals surface area contributed by atoms with Crippen LogP contribution in [-0.4, -0.2) is 44.8 Å². The van der Waals surface area contributed by atoms with Gasteiger partial charge in [-0.05, 0) is 38.5 Å². The summed E-state index contributed by atoms with van der Waals surface area (Å²) in [7, 11) is 0. The number of carboxylic acids is 1. The summed E-state index contributed by atoms with van der Waals surface area (Å²) in [5, 5.41) is 13.2. The van der Waals surface area contributed by atoms with Crippen molar-refractivity contribution in [3.05, 3.63) is 17.5 Å². The molecule has 2 heterocycles. The number of aryl methyl sites for hydroxylation is 2. The summed E-state index contributed by atoms with van der Waals surface area (Å²) < 4.78 is 1.86. The summed E-state index contributed by atoms with van der Waals surface area (Å²) in [5.41, 5.74) is 1.46. The lowest BCUT2D eigenvalue weighted by Gasteiger charge is -2.32. The van der Waals surface area contributed by atoms with Crippen LogP contribution in [0.4, 0.5) is 0 Å². The van der Waals surface area contributed by atoms with Crippen LogP contribution < -0.4 is 0 Å². The number of carbonyl (C=O) groups is 2. The number of likely N-dealkylation sites (tertiary alicyclic amines) is 1. The first kappa shape index (κ1) is 17.5. The second-order valence-corrected chi connectivity index (χ2v) is 6.44. The SMILES string of the molecule is CCCCn1cc(C(=O)N2CCCC(CCC(=O)O)C2)c(C)n1. The van der Waals surface area contributed by atoms with E-state index in [9.17, 15) is 9.59 Å². The lowest BCUT2D eigenvalue weighted by atomic mass is 9.93. The standard InChI is InChI=1S/C17H27N3O3/c1-3-4-10-20-12-15(13(2)18-20)17(23)19-9-5-6-14(11-19)7-8-16(21)22/h12,14H,3-11H2,1-2H3,(H,21,22). The van der Waals surface area contributed by atoms with Gasteiger partial charge in [-0.3, -0.25) is 14.3 Å². The molecule has 1 amide bonds. The van der Waals surface area contributed by atoms with Crippen LogP contribution in [0.25, 0.3) is 0 Å². The molecule has 1 aliphatic rings. The maximum atomic E-state index is 12.7. The van der Waals surface area contributed by atoms with Gasteiger partial charge in [-0.25, -0.2) is 0 Å². The molecule has 0 aromatic carbocycles. The van der Waals surface area contributed by atoms with E-state index >= 15 is 0 Å². The number of amides is 1. The number of hydrogen-bond donors (Lipinski definition) is 1. The van der Waals surface area contributed by atoms with Crippen LogP contribution in [-0.2, 0) is 11.3 Å². The quantitative estimate of drug-likeness (QED) is 0.838. The van der Waals surface area contributed by atoms with Gasteiger partial charge in [0.05, 0.1) is 11.3 Å². The number of unbranched alkanes of at least 4 members (excludes halogenated alkanes) is 1. The molecule has 6 heteroatoms.